The summed E-state index contributed by atoms with van der Waals surface area (Å²) in [5.41, 5.74) is -1.69. The van der Waals surface area contributed by atoms with Crippen LogP contribution in [-0.4, -0.2) is 34.5 Å². The van der Waals surface area contributed by atoms with E-state index in [0.29, 0.717) is 0 Å². The molecule has 0 aromatic carbocycles. The maximum Gasteiger partial charge on any atom is 0.341 e. The van der Waals surface area contributed by atoms with Crippen molar-refractivity contribution in [3.05, 3.63) is 0 Å². The molecule has 0 aromatic rings. The van der Waals surface area contributed by atoms with E-state index in [4.69, 9.17) is 5.11 Å². The number of cyclic esters (lactones) is 1. The van der Waals surface area contributed by atoms with Gasteiger partial charge in [0.1, 0.15) is 0 Å². The van der Waals surface area contributed by atoms with Gasteiger partial charge in [-0.2, -0.15) is 0 Å². The third kappa shape index (κ3) is 1.02. The zero-order chi connectivity index (χ0) is 8.65. The Bertz CT molecular complexity index is 177. The minimum Gasteiger partial charge on any atom is -0.463 e. The molecule has 0 aromatic heterocycles. The van der Waals surface area contributed by atoms with Gasteiger partial charge in [-0.3, -0.25) is 0 Å². The summed E-state index contributed by atoms with van der Waals surface area (Å²) in [4.78, 5) is 10.9. The molecule has 0 aliphatic carbocycles. The van der Waals surface area contributed by atoms with Crippen LogP contribution in [0.2, 0.25) is 0 Å². The fraction of sp³-hybridized carbons (Fsp3) is 0.857. The average Bonchev–Trinajstić information content (AvgIpc) is 2.18. The molecule has 1 fully saturated rings. The second kappa shape index (κ2) is 2.46. The van der Waals surface area contributed by atoms with E-state index in [9.17, 15) is 9.90 Å². The minimum atomic E-state index is -1.69. The van der Waals surface area contributed by atoms with Crippen LogP contribution in [0.3, 0.4) is 0 Å². The van der Waals surface area contributed by atoms with Gasteiger partial charge in [-0.25, -0.2) is 4.79 Å². The van der Waals surface area contributed by atoms with Crippen molar-refractivity contribution in [3.8, 4) is 0 Å². The van der Waals surface area contributed by atoms with Crippen LogP contribution in [0.1, 0.15) is 13.8 Å². The predicted octanol–water partition coefficient (Wildman–Crippen LogP) is -0.709. The highest BCUT2D eigenvalue weighted by Crippen LogP contribution is 2.29. The monoisotopic (exact) mass is 160 g/mol. The van der Waals surface area contributed by atoms with Crippen LogP contribution in [0.4, 0.5) is 0 Å². The van der Waals surface area contributed by atoms with Gasteiger partial charge >= 0.3 is 5.97 Å². The van der Waals surface area contributed by atoms with Crippen LogP contribution in [0.5, 0.6) is 0 Å². The molecule has 0 bridgehead atoms. The number of carbonyl (C=O) groups is 1. The highest BCUT2D eigenvalue weighted by atomic mass is 16.6. The molecule has 1 rings (SSSR count). The fourth-order valence-corrected chi connectivity index (χ4v) is 1.23. The van der Waals surface area contributed by atoms with E-state index in [1.165, 1.54) is 6.92 Å². The first-order valence-corrected chi connectivity index (χ1v) is 3.57. The van der Waals surface area contributed by atoms with Gasteiger partial charge in [-0.15, -0.1) is 0 Å². The summed E-state index contributed by atoms with van der Waals surface area (Å²) in [7, 11) is 0. The molecule has 11 heavy (non-hydrogen) atoms. The van der Waals surface area contributed by atoms with E-state index in [2.05, 4.69) is 4.74 Å². The van der Waals surface area contributed by atoms with Gasteiger partial charge < -0.3 is 14.9 Å². The minimum absolute atomic E-state index is 0.181. The summed E-state index contributed by atoms with van der Waals surface area (Å²) in [6.07, 6.45) is -1.08. The van der Waals surface area contributed by atoms with Crippen LogP contribution < -0.4 is 0 Å². The van der Waals surface area contributed by atoms with Crippen LogP contribution >= 0.6 is 0 Å². The molecular weight excluding hydrogens is 148 g/mol. The lowest BCUT2D eigenvalue weighted by Gasteiger charge is -2.25. The number of esters is 1. The summed E-state index contributed by atoms with van der Waals surface area (Å²) in [6, 6.07) is 0. The van der Waals surface area contributed by atoms with Crippen molar-refractivity contribution < 1.29 is 19.7 Å². The molecule has 0 radical (unpaired) electrons. The lowest BCUT2D eigenvalue weighted by Crippen LogP contribution is -2.49. The Kier molecular flexibility index (Phi) is 1.90. The van der Waals surface area contributed by atoms with Crippen molar-refractivity contribution in [2.45, 2.75) is 25.6 Å². The predicted molar refractivity (Wildman–Crippen MR) is 36.8 cm³/mol. The summed E-state index contributed by atoms with van der Waals surface area (Å²) in [5, 5.41) is 18.7. The van der Waals surface area contributed by atoms with Gasteiger partial charge in [0, 0.05) is 5.92 Å². The van der Waals surface area contributed by atoms with Gasteiger partial charge in [-0.1, -0.05) is 6.92 Å². The van der Waals surface area contributed by atoms with Crippen LogP contribution in [0.15, 0.2) is 0 Å². The SMILES string of the molecule is C[C@H](O)[C@@]1(O)C(=O)OC[C@H]1C. The van der Waals surface area contributed by atoms with Crippen LogP contribution in [0, 0.1) is 5.92 Å². The smallest absolute Gasteiger partial charge is 0.341 e. The van der Waals surface area contributed by atoms with Gasteiger partial charge in [-0.05, 0) is 6.92 Å². The molecule has 3 atom stereocenters. The normalized spacial score (nSPS) is 40.4. The first-order valence-electron chi connectivity index (χ1n) is 3.57. The molecule has 0 spiro atoms. The molecule has 1 aliphatic rings. The molecule has 0 saturated carbocycles. The first kappa shape index (κ1) is 8.49. The number of aliphatic hydroxyl groups is 2. The standard InChI is InChI=1S/C7H12O4/c1-4-3-11-6(9)7(4,10)5(2)8/h4-5,8,10H,3H2,1-2H3/t4-,5+,7-/m1/s1. The molecule has 1 heterocycles. The van der Waals surface area contributed by atoms with E-state index in [-0.39, 0.29) is 12.5 Å². The second-order valence-electron chi connectivity index (χ2n) is 3.00. The molecule has 2 N–H and O–H groups in total. The Morgan fingerprint density at radius 3 is 2.55 bits per heavy atom. The third-order valence-electron chi connectivity index (χ3n) is 2.18. The molecule has 1 aliphatic heterocycles. The molecule has 0 unspecified atom stereocenters. The van der Waals surface area contributed by atoms with Crippen molar-refractivity contribution in [3.63, 3.8) is 0 Å². The van der Waals surface area contributed by atoms with Crippen molar-refractivity contribution in [2.24, 2.45) is 5.92 Å². The number of ether oxygens (including phenoxy) is 1. The fourth-order valence-electron chi connectivity index (χ4n) is 1.23. The van der Waals surface area contributed by atoms with E-state index in [0.717, 1.165) is 0 Å². The Balaban J connectivity index is 2.89. The van der Waals surface area contributed by atoms with E-state index >= 15 is 0 Å². The quantitative estimate of drug-likeness (QED) is 0.497. The number of hydrogen-bond donors (Lipinski definition) is 2. The average molecular weight is 160 g/mol. The Labute approximate surface area is 64.8 Å². The topological polar surface area (TPSA) is 66.8 Å². The van der Waals surface area contributed by atoms with Gasteiger partial charge in [0.15, 0.2) is 5.60 Å². The molecule has 1 saturated heterocycles. The van der Waals surface area contributed by atoms with Crippen LogP contribution in [0.25, 0.3) is 0 Å². The lowest BCUT2D eigenvalue weighted by atomic mass is 9.87. The van der Waals surface area contributed by atoms with Gasteiger partial charge in [0.2, 0.25) is 0 Å². The second-order valence-corrected chi connectivity index (χ2v) is 3.00. The highest BCUT2D eigenvalue weighted by molar-refractivity contribution is 5.82. The van der Waals surface area contributed by atoms with Crippen molar-refractivity contribution in [1.82, 2.24) is 0 Å². The number of rotatable bonds is 1. The summed E-state index contributed by atoms with van der Waals surface area (Å²) in [6.45, 7) is 3.22. The van der Waals surface area contributed by atoms with E-state index in [1.54, 1.807) is 6.92 Å². The molecule has 0 amide bonds. The highest BCUT2D eigenvalue weighted by Gasteiger charge is 2.52. The summed E-state index contributed by atoms with van der Waals surface area (Å²) >= 11 is 0. The van der Waals surface area contributed by atoms with Crippen molar-refractivity contribution in [2.75, 3.05) is 6.61 Å². The Morgan fingerprint density at radius 1 is 1.82 bits per heavy atom. The van der Waals surface area contributed by atoms with Crippen molar-refractivity contribution >= 4 is 5.97 Å². The molecule has 4 nitrogen and oxygen atoms in total. The largest absolute Gasteiger partial charge is 0.463 e. The van der Waals surface area contributed by atoms with E-state index in [1.807, 2.05) is 0 Å². The molecule has 64 valence electrons. The van der Waals surface area contributed by atoms with Crippen molar-refractivity contribution in [1.29, 1.82) is 0 Å². The number of hydrogen-bond acceptors (Lipinski definition) is 4. The number of aliphatic hydroxyl groups excluding tert-OH is 1. The zero-order valence-corrected chi connectivity index (χ0v) is 6.57. The maximum absolute atomic E-state index is 10.9. The van der Waals surface area contributed by atoms with Gasteiger partial charge in [0.25, 0.3) is 0 Å². The number of carbonyl (C=O) groups excluding carboxylic acids is 1. The molecule has 4 heteroatoms. The Hall–Kier alpha value is -0.610. The lowest BCUT2D eigenvalue weighted by molar-refractivity contribution is -0.164. The summed E-state index contributed by atoms with van der Waals surface area (Å²) in [5.74, 6) is -1.06. The first-order chi connectivity index (χ1) is 4.99. The Morgan fingerprint density at radius 2 is 2.36 bits per heavy atom. The van der Waals surface area contributed by atoms with Gasteiger partial charge in [0.05, 0.1) is 12.7 Å². The summed E-state index contributed by atoms with van der Waals surface area (Å²) < 4.78 is 4.59. The van der Waals surface area contributed by atoms with Crippen LogP contribution in [-0.2, 0) is 9.53 Å². The third-order valence-corrected chi connectivity index (χ3v) is 2.18. The van der Waals surface area contributed by atoms with E-state index < -0.39 is 17.7 Å². The maximum atomic E-state index is 10.9. The molecular formula is C7H12O4. The zero-order valence-electron chi connectivity index (χ0n) is 6.57.